The number of benzene rings is 3. The summed E-state index contributed by atoms with van der Waals surface area (Å²) in [5.41, 5.74) is 3.65. The molecule has 0 fully saturated rings. The summed E-state index contributed by atoms with van der Waals surface area (Å²) in [7, 11) is 1.60. The number of nitrogens with one attached hydrogen (secondary N) is 1. The van der Waals surface area contributed by atoms with Gasteiger partial charge in [-0.2, -0.15) is 0 Å². The zero-order chi connectivity index (χ0) is 27.5. The third-order valence-electron chi connectivity index (χ3n) is 6.79. The highest BCUT2D eigenvalue weighted by Crippen LogP contribution is 2.31. The van der Waals surface area contributed by atoms with Crippen LogP contribution in [0.4, 0.5) is 5.69 Å². The molecule has 0 aliphatic carbocycles. The van der Waals surface area contributed by atoms with Crippen LogP contribution in [0.2, 0.25) is 0 Å². The number of anilines is 1. The molecular weight excluding hydrogens is 492 g/mol. The number of nitrogens with zero attached hydrogens (tertiary/aromatic N) is 3. The molecule has 2 heterocycles. The molecule has 5 rings (SSSR count). The first kappa shape index (κ1) is 25.9. The van der Waals surface area contributed by atoms with Crippen LogP contribution in [0.25, 0.3) is 16.6 Å². The molecule has 198 valence electrons. The summed E-state index contributed by atoms with van der Waals surface area (Å²) in [5.74, 6) is 0.326. The van der Waals surface area contributed by atoms with Gasteiger partial charge >= 0.3 is 0 Å². The Morgan fingerprint density at radius 3 is 2.51 bits per heavy atom. The number of carbonyl (C=O) groups is 1. The molecule has 5 aromatic rings. The second-order valence-electron chi connectivity index (χ2n) is 9.32. The second-order valence-corrected chi connectivity index (χ2v) is 9.32. The summed E-state index contributed by atoms with van der Waals surface area (Å²) in [6.45, 7) is 4.15. The fourth-order valence-corrected chi connectivity index (χ4v) is 4.80. The number of methoxy groups -OCH3 is 1. The number of aliphatic hydroxyl groups excluding tert-OH is 1. The van der Waals surface area contributed by atoms with Crippen molar-refractivity contribution in [2.45, 2.75) is 26.4 Å². The Balaban J connectivity index is 1.45. The van der Waals surface area contributed by atoms with E-state index in [1.165, 1.54) is 4.68 Å². The average molecular weight is 523 g/mol. The fraction of sp³-hybridized carbons (Fsp3) is 0.194. The summed E-state index contributed by atoms with van der Waals surface area (Å²) >= 11 is 0. The summed E-state index contributed by atoms with van der Waals surface area (Å²) in [6.07, 6.45) is 1.48. The summed E-state index contributed by atoms with van der Waals surface area (Å²) in [5, 5.41) is 15.1. The van der Waals surface area contributed by atoms with E-state index in [4.69, 9.17) is 4.74 Å². The molecule has 0 bridgehead atoms. The Morgan fingerprint density at radius 1 is 1.08 bits per heavy atom. The maximum atomic E-state index is 13.7. The zero-order valence-electron chi connectivity index (χ0n) is 22.1. The van der Waals surface area contributed by atoms with Gasteiger partial charge in [0.25, 0.3) is 11.5 Å². The quantitative estimate of drug-likeness (QED) is 0.293. The van der Waals surface area contributed by atoms with Gasteiger partial charge in [0, 0.05) is 35.6 Å². The number of aryl methyl sites for hydroxylation is 1. The van der Waals surface area contributed by atoms with Crippen molar-refractivity contribution < 1.29 is 14.6 Å². The third-order valence-corrected chi connectivity index (χ3v) is 6.79. The van der Waals surface area contributed by atoms with Crippen molar-refractivity contribution >= 4 is 22.5 Å². The number of H-pyrrole nitrogens is 1. The van der Waals surface area contributed by atoms with E-state index < -0.39 is 11.7 Å². The summed E-state index contributed by atoms with van der Waals surface area (Å²) in [4.78, 5) is 33.0. The highest BCUT2D eigenvalue weighted by atomic mass is 16.5. The van der Waals surface area contributed by atoms with Gasteiger partial charge in [-0.25, -0.2) is 4.68 Å². The van der Waals surface area contributed by atoms with E-state index in [0.717, 1.165) is 16.5 Å². The number of carbonyl (C=O) groups excluding carboxylic acids is 1. The molecule has 8 heteroatoms. The van der Waals surface area contributed by atoms with Crippen molar-refractivity contribution in [3.63, 3.8) is 0 Å². The number of fused-ring (bicyclic) bond motifs is 1. The van der Waals surface area contributed by atoms with Crippen molar-refractivity contribution in [2.24, 2.45) is 0 Å². The van der Waals surface area contributed by atoms with Crippen LogP contribution in [0.3, 0.4) is 0 Å². The van der Waals surface area contributed by atoms with E-state index in [-0.39, 0.29) is 11.5 Å². The fourth-order valence-electron chi connectivity index (χ4n) is 4.80. The number of hydrogen-bond donors (Lipinski definition) is 2. The Labute approximate surface area is 226 Å². The molecule has 0 spiro atoms. The van der Waals surface area contributed by atoms with E-state index in [0.29, 0.717) is 41.3 Å². The van der Waals surface area contributed by atoms with Crippen LogP contribution in [0.5, 0.6) is 5.75 Å². The molecule has 0 unspecified atom stereocenters. The smallest absolute Gasteiger partial charge is 0.284 e. The Morgan fingerprint density at radius 2 is 1.82 bits per heavy atom. The lowest BCUT2D eigenvalue weighted by molar-refractivity contribution is 0.0985. The largest absolute Gasteiger partial charge is 0.497 e. The van der Waals surface area contributed by atoms with Gasteiger partial charge in [0.2, 0.25) is 0 Å². The van der Waals surface area contributed by atoms with Crippen LogP contribution >= 0.6 is 0 Å². The minimum atomic E-state index is -0.890. The molecule has 2 aromatic heterocycles. The van der Waals surface area contributed by atoms with Crippen LogP contribution in [-0.2, 0) is 0 Å². The highest BCUT2D eigenvalue weighted by Gasteiger charge is 2.26. The van der Waals surface area contributed by atoms with Gasteiger partial charge in [-0.05, 0) is 66.9 Å². The minimum absolute atomic E-state index is 0.107. The number of hydrogen-bond acceptors (Lipinski definition) is 5. The molecule has 0 aliphatic rings. The number of aromatic amines is 1. The number of amides is 1. The van der Waals surface area contributed by atoms with Crippen molar-refractivity contribution in [1.29, 1.82) is 0 Å². The minimum Gasteiger partial charge on any atom is -0.497 e. The number of ether oxygens (including phenoxy) is 1. The number of aromatic nitrogens is 3. The molecule has 0 saturated heterocycles. The van der Waals surface area contributed by atoms with Crippen molar-refractivity contribution in [3.8, 4) is 11.4 Å². The molecule has 2 N–H and O–H groups in total. The standard InChI is InChI=1S/C31H30N4O4/c1-4-18-34(30(37)28-20(2)33-35(31(28)38)23-8-6-5-7-9-23)22-12-10-21(11-13-22)29(36)26-16-17-32-27-19-24(39-3)14-15-25(26)27/h5-17,19,29,33,36H,4,18H2,1-3H3/t29-/m0/s1. The Bertz CT molecular complexity index is 1670. The first-order valence-corrected chi connectivity index (χ1v) is 12.8. The lowest BCUT2D eigenvalue weighted by atomic mass is 9.98. The van der Waals surface area contributed by atoms with Gasteiger partial charge in [-0.15, -0.1) is 0 Å². The van der Waals surface area contributed by atoms with E-state index in [1.807, 2.05) is 55.5 Å². The predicted molar refractivity (Wildman–Crippen MR) is 152 cm³/mol. The third kappa shape index (κ3) is 4.94. The van der Waals surface area contributed by atoms with Crippen LogP contribution in [0, 0.1) is 6.92 Å². The molecule has 1 atom stereocenters. The molecule has 3 aromatic carbocycles. The predicted octanol–water partition coefficient (Wildman–Crippen LogP) is 5.17. The molecular formula is C31H30N4O4. The topological polar surface area (TPSA) is 100 Å². The van der Waals surface area contributed by atoms with Crippen LogP contribution in [0.15, 0.2) is 89.9 Å². The van der Waals surface area contributed by atoms with Gasteiger partial charge in [-0.1, -0.05) is 37.3 Å². The number of rotatable bonds is 8. The van der Waals surface area contributed by atoms with Crippen LogP contribution < -0.4 is 15.2 Å². The maximum Gasteiger partial charge on any atom is 0.284 e. The van der Waals surface area contributed by atoms with Gasteiger partial charge in [-0.3, -0.25) is 19.7 Å². The summed E-state index contributed by atoms with van der Waals surface area (Å²) < 4.78 is 6.68. The van der Waals surface area contributed by atoms with Gasteiger partial charge in [0.15, 0.2) is 0 Å². The molecule has 39 heavy (non-hydrogen) atoms. The lowest BCUT2D eigenvalue weighted by Gasteiger charge is -2.23. The molecule has 0 aliphatic heterocycles. The van der Waals surface area contributed by atoms with Crippen LogP contribution in [0.1, 0.15) is 46.6 Å². The Kier molecular flexibility index (Phi) is 7.29. The van der Waals surface area contributed by atoms with E-state index in [1.54, 1.807) is 55.5 Å². The maximum absolute atomic E-state index is 13.7. The van der Waals surface area contributed by atoms with Crippen molar-refractivity contribution in [2.75, 3.05) is 18.6 Å². The number of para-hydroxylation sites is 1. The van der Waals surface area contributed by atoms with Crippen molar-refractivity contribution in [3.05, 3.63) is 118 Å². The lowest BCUT2D eigenvalue weighted by Crippen LogP contribution is -2.35. The highest BCUT2D eigenvalue weighted by molar-refractivity contribution is 6.06. The Hall–Kier alpha value is -4.69. The zero-order valence-corrected chi connectivity index (χ0v) is 22.1. The summed E-state index contributed by atoms with van der Waals surface area (Å²) in [6, 6.07) is 23.7. The molecule has 1 amide bonds. The SMILES string of the molecule is CCCN(C(=O)c1c(C)[nH]n(-c2ccccc2)c1=O)c1ccc([C@H](O)c2ccnc3cc(OC)ccc23)cc1. The first-order valence-electron chi connectivity index (χ1n) is 12.8. The molecule has 0 radical (unpaired) electrons. The van der Waals surface area contributed by atoms with Crippen LogP contribution in [-0.4, -0.2) is 39.4 Å². The van der Waals surface area contributed by atoms with Crippen molar-refractivity contribution in [1.82, 2.24) is 14.8 Å². The van der Waals surface area contributed by atoms with Gasteiger partial charge in [0.1, 0.15) is 17.4 Å². The van der Waals surface area contributed by atoms with Gasteiger partial charge in [0.05, 0.1) is 18.3 Å². The monoisotopic (exact) mass is 522 g/mol. The average Bonchev–Trinajstić information content (AvgIpc) is 3.28. The second kappa shape index (κ2) is 11.0. The molecule has 8 nitrogen and oxygen atoms in total. The van der Waals surface area contributed by atoms with E-state index in [2.05, 4.69) is 10.1 Å². The number of pyridine rings is 1. The molecule has 0 saturated carbocycles. The number of aliphatic hydroxyl groups is 1. The van der Waals surface area contributed by atoms with E-state index in [9.17, 15) is 14.7 Å². The first-order chi connectivity index (χ1) is 18.9. The van der Waals surface area contributed by atoms with Gasteiger partial charge < -0.3 is 14.7 Å². The van der Waals surface area contributed by atoms with E-state index >= 15 is 0 Å². The normalized spacial score (nSPS) is 11.9.